The van der Waals surface area contributed by atoms with Crippen LogP contribution in [0.5, 0.6) is 0 Å². The molecule has 0 radical (unpaired) electrons. The van der Waals surface area contributed by atoms with Gasteiger partial charge in [-0.05, 0) is 12.5 Å². The van der Waals surface area contributed by atoms with Gasteiger partial charge in [-0.2, -0.15) is 0 Å². The van der Waals surface area contributed by atoms with Gasteiger partial charge in [0.25, 0.3) is 0 Å². The lowest BCUT2D eigenvalue weighted by molar-refractivity contribution is 0.177. The Hall–Kier alpha value is -1.16. The van der Waals surface area contributed by atoms with Gasteiger partial charge in [0.15, 0.2) is 0 Å². The molecule has 3 rings (SSSR count). The first kappa shape index (κ1) is 9.09. The molecule has 15 heavy (non-hydrogen) atoms. The molecule has 2 fully saturated rings. The normalized spacial score (nSPS) is 29.5. The highest BCUT2D eigenvalue weighted by Crippen LogP contribution is 2.30. The molecular formula is C11H15N3O. The first-order valence-corrected chi connectivity index (χ1v) is 5.44. The summed E-state index contributed by atoms with van der Waals surface area (Å²) in [5, 5.41) is 0. The average molecular weight is 205 g/mol. The second-order valence-electron chi connectivity index (χ2n) is 4.52. The summed E-state index contributed by atoms with van der Waals surface area (Å²) in [5.41, 5.74) is 1.11. The van der Waals surface area contributed by atoms with E-state index in [2.05, 4.69) is 14.9 Å². The number of rotatable bonds is 1. The lowest BCUT2D eigenvalue weighted by Gasteiger charge is -2.16. The zero-order chi connectivity index (χ0) is 10.3. The number of fused-ring (bicyclic) bond motifs is 1. The van der Waals surface area contributed by atoms with Gasteiger partial charge in [0.2, 0.25) is 5.95 Å². The molecule has 2 saturated heterocycles. The minimum Gasteiger partial charge on any atom is -0.381 e. The van der Waals surface area contributed by atoms with Crippen molar-refractivity contribution in [3.63, 3.8) is 0 Å². The van der Waals surface area contributed by atoms with Gasteiger partial charge in [-0.1, -0.05) is 0 Å². The van der Waals surface area contributed by atoms with Crippen LogP contribution in [0.3, 0.4) is 0 Å². The van der Waals surface area contributed by atoms with Gasteiger partial charge >= 0.3 is 0 Å². The van der Waals surface area contributed by atoms with Gasteiger partial charge in [-0.25, -0.2) is 9.97 Å². The number of aromatic nitrogens is 2. The molecular weight excluding hydrogens is 190 g/mol. The summed E-state index contributed by atoms with van der Waals surface area (Å²) >= 11 is 0. The Kier molecular flexibility index (Phi) is 2.09. The van der Waals surface area contributed by atoms with E-state index in [4.69, 9.17) is 4.74 Å². The summed E-state index contributed by atoms with van der Waals surface area (Å²) in [5.74, 6) is 2.25. The third-order valence-electron chi connectivity index (χ3n) is 3.29. The van der Waals surface area contributed by atoms with E-state index in [0.29, 0.717) is 11.8 Å². The summed E-state index contributed by atoms with van der Waals surface area (Å²) in [6.07, 6.45) is 3.76. The largest absolute Gasteiger partial charge is 0.381 e. The van der Waals surface area contributed by atoms with Crippen molar-refractivity contribution in [2.24, 2.45) is 11.8 Å². The molecule has 0 aromatic carbocycles. The number of aryl methyl sites for hydroxylation is 1. The highest BCUT2D eigenvalue weighted by Gasteiger charge is 2.37. The monoisotopic (exact) mass is 205 g/mol. The van der Waals surface area contributed by atoms with Gasteiger partial charge < -0.3 is 9.64 Å². The lowest BCUT2D eigenvalue weighted by atomic mass is 10.0. The number of anilines is 1. The molecule has 80 valence electrons. The van der Waals surface area contributed by atoms with Crippen molar-refractivity contribution in [3.8, 4) is 0 Å². The summed E-state index contributed by atoms with van der Waals surface area (Å²) < 4.78 is 5.45. The van der Waals surface area contributed by atoms with E-state index in [9.17, 15) is 0 Å². The Morgan fingerprint density at radius 2 is 1.80 bits per heavy atom. The van der Waals surface area contributed by atoms with Crippen LogP contribution in [0.2, 0.25) is 0 Å². The van der Waals surface area contributed by atoms with Crippen LogP contribution in [0.25, 0.3) is 0 Å². The number of nitrogens with zero attached hydrogens (tertiary/aromatic N) is 3. The van der Waals surface area contributed by atoms with E-state index in [0.717, 1.165) is 37.8 Å². The average Bonchev–Trinajstić information content (AvgIpc) is 2.78. The first-order chi connectivity index (χ1) is 7.33. The van der Waals surface area contributed by atoms with Crippen LogP contribution >= 0.6 is 0 Å². The molecule has 2 aliphatic rings. The molecule has 0 bridgehead atoms. The highest BCUT2D eigenvalue weighted by molar-refractivity contribution is 5.32. The van der Waals surface area contributed by atoms with Crippen LogP contribution in [-0.2, 0) is 4.74 Å². The molecule has 2 atom stereocenters. The van der Waals surface area contributed by atoms with Crippen LogP contribution in [0.15, 0.2) is 12.4 Å². The van der Waals surface area contributed by atoms with Crippen molar-refractivity contribution in [1.82, 2.24) is 9.97 Å². The smallest absolute Gasteiger partial charge is 0.225 e. The Morgan fingerprint density at radius 3 is 2.40 bits per heavy atom. The zero-order valence-electron chi connectivity index (χ0n) is 8.89. The van der Waals surface area contributed by atoms with Gasteiger partial charge in [-0.15, -0.1) is 0 Å². The number of hydrogen-bond acceptors (Lipinski definition) is 4. The fourth-order valence-corrected chi connectivity index (χ4v) is 2.40. The molecule has 0 amide bonds. The third kappa shape index (κ3) is 1.59. The third-order valence-corrected chi connectivity index (χ3v) is 3.29. The predicted molar refractivity (Wildman–Crippen MR) is 56.8 cm³/mol. The van der Waals surface area contributed by atoms with E-state index in [-0.39, 0.29) is 0 Å². The van der Waals surface area contributed by atoms with Crippen LogP contribution < -0.4 is 4.90 Å². The van der Waals surface area contributed by atoms with Gasteiger partial charge in [-0.3, -0.25) is 0 Å². The Labute approximate surface area is 89.3 Å². The maximum Gasteiger partial charge on any atom is 0.225 e. The first-order valence-electron chi connectivity index (χ1n) is 5.44. The number of hydrogen-bond donors (Lipinski definition) is 0. The van der Waals surface area contributed by atoms with Crippen molar-refractivity contribution < 1.29 is 4.74 Å². The maximum absolute atomic E-state index is 5.45. The molecule has 0 aliphatic carbocycles. The van der Waals surface area contributed by atoms with Crippen molar-refractivity contribution >= 4 is 5.95 Å². The minimum absolute atomic E-state index is 0.690. The topological polar surface area (TPSA) is 38.2 Å². The summed E-state index contributed by atoms with van der Waals surface area (Å²) in [4.78, 5) is 11.0. The maximum atomic E-state index is 5.45. The highest BCUT2D eigenvalue weighted by atomic mass is 16.5. The molecule has 4 nitrogen and oxygen atoms in total. The summed E-state index contributed by atoms with van der Waals surface area (Å²) in [6, 6.07) is 0. The second kappa shape index (κ2) is 3.45. The number of ether oxygens (including phenoxy) is 1. The lowest BCUT2D eigenvalue weighted by Crippen LogP contribution is -2.24. The quantitative estimate of drug-likeness (QED) is 0.682. The summed E-state index contributed by atoms with van der Waals surface area (Å²) in [6.45, 7) is 5.93. The second-order valence-corrected chi connectivity index (χ2v) is 4.52. The van der Waals surface area contributed by atoms with Crippen LogP contribution in [0.1, 0.15) is 5.56 Å². The molecule has 1 aromatic rings. The molecule has 0 N–H and O–H groups in total. The van der Waals surface area contributed by atoms with E-state index in [1.165, 1.54) is 0 Å². The van der Waals surface area contributed by atoms with Gasteiger partial charge in [0.05, 0.1) is 13.2 Å². The Bertz CT molecular complexity index is 339. The van der Waals surface area contributed by atoms with Gasteiger partial charge in [0.1, 0.15) is 0 Å². The molecule has 0 spiro atoms. The summed E-state index contributed by atoms with van der Waals surface area (Å²) in [7, 11) is 0. The standard InChI is InChI=1S/C11H15N3O/c1-8-2-12-11(13-3-8)14-4-9-6-15-7-10(9)5-14/h2-3,9-10H,4-7H2,1H3/t9-,10-/m1/s1. The molecule has 3 heterocycles. The van der Waals surface area contributed by atoms with Crippen molar-refractivity contribution in [1.29, 1.82) is 0 Å². The molecule has 2 aliphatic heterocycles. The fourth-order valence-electron chi connectivity index (χ4n) is 2.40. The molecule has 0 saturated carbocycles. The van der Waals surface area contributed by atoms with Crippen LogP contribution in [0.4, 0.5) is 5.95 Å². The van der Waals surface area contributed by atoms with Gasteiger partial charge in [0, 0.05) is 37.3 Å². The molecule has 1 aromatic heterocycles. The van der Waals surface area contributed by atoms with Crippen molar-refractivity contribution in [2.75, 3.05) is 31.2 Å². The van der Waals surface area contributed by atoms with E-state index >= 15 is 0 Å². The van der Waals surface area contributed by atoms with Crippen molar-refractivity contribution in [2.45, 2.75) is 6.92 Å². The van der Waals surface area contributed by atoms with Crippen LogP contribution in [-0.4, -0.2) is 36.3 Å². The molecule has 4 heteroatoms. The Balaban J connectivity index is 1.76. The zero-order valence-corrected chi connectivity index (χ0v) is 8.89. The predicted octanol–water partition coefficient (Wildman–Crippen LogP) is 0.868. The van der Waals surface area contributed by atoms with Crippen molar-refractivity contribution in [3.05, 3.63) is 18.0 Å². The minimum atomic E-state index is 0.690. The Morgan fingerprint density at radius 1 is 1.20 bits per heavy atom. The fraction of sp³-hybridized carbons (Fsp3) is 0.636. The van der Waals surface area contributed by atoms with E-state index in [1.54, 1.807) is 0 Å². The van der Waals surface area contributed by atoms with Crippen LogP contribution in [0, 0.1) is 18.8 Å². The van der Waals surface area contributed by atoms with E-state index in [1.807, 2.05) is 19.3 Å². The van der Waals surface area contributed by atoms with E-state index < -0.39 is 0 Å². The molecule has 0 unspecified atom stereocenters. The SMILES string of the molecule is Cc1cnc(N2C[C@@H]3COC[C@H]3C2)nc1.